The topological polar surface area (TPSA) is 126 Å². The third-order valence-electron chi connectivity index (χ3n) is 6.72. The first-order valence-corrected chi connectivity index (χ1v) is 12.8. The second kappa shape index (κ2) is 10.8. The molecule has 1 aliphatic heterocycles. The van der Waals surface area contributed by atoms with Gasteiger partial charge in [0.05, 0.1) is 22.9 Å². The van der Waals surface area contributed by atoms with E-state index in [4.69, 9.17) is 11.6 Å². The Kier molecular flexibility index (Phi) is 7.18. The fourth-order valence-corrected chi connectivity index (χ4v) is 4.79. The number of carboxylic acids is 1. The second-order valence-electron chi connectivity index (χ2n) is 9.65. The number of aromatic carboxylic acids is 1. The first-order chi connectivity index (χ1) is 19.6. The predicted octanol–water partition coefficient (Wildman–Crippen LogP) is 7.04. The Bertz CT molecular complexity index is 1800. The number of fused-ring (bicyclic) bond motifs is 1. The van der Waals surface area contributed by atoms with Gasteiger partial charge in [-0.15, -0.1) is 0 Å². The summed E-state index contributed by atoms with van der Waals surface area (Å²) in [4.78, 5) is 26.5. The molecular weight excluding hydrogens is 547 g/mol. The van der Waals surface area contributed by atoms with E-state index in [-0.39, 0.29) is 33.3 Å². The van der Waals surface area contributed by atoms with Crippen molar-refractivity contribution in [3.05, 3.63) is 106 Å². The molecular formula is C31H22ClFN4O4. The van der Waals surface area contributed by atoms with Crippen LogP contribution in [0.2, 0.25) is 5.02 Å². The number of carbonyl (C=O) groups is 2. The van der Waals surface area contributed by atoms with Gasteiger partial charge in [-0.3, -0.25) is 15.1 Å². The Labute approximate surface area is 239 Å². The Morgan fingerprint density at radius 1 is 1.05 bits per heavy atom. The normalized spacial score (nSPS) is 13.4. The highest BCUT2D eigenvalue weighted by Crippen LogP contribution is 2.40. The minimum absolute atomic E-state index is 0.0314. The maximum Gasteiger partial charge on any atom is 0.338 e. The van der Waals surface area contributed by atoms with E-state index in [1.54, 1.807) is 18.2 Å². The van der Waals surface area contributed by atoms with Crippen LogP contribution >= 0.6 is 11.6 Å². The average Bonchev–Trinajstić information content (AvgIpc) is 3.23. The van der Waals surface area contributed by atoms with Crippen molar-refractivity contribution in [2.24, 2.45) is 5.10 Å². The monoisotopic (exact) mass is 568 g/mol. The molecule has 0 saturated heterocycles. The van der Waals surface area contributed by atoms with Crippen molar-refractivity contribution in [2.45, 2.75) is 19.8 Å². The molecule has 41 heavy (non-hydrogen) atoms. The van der Waals surface area contributed by atoms with Crippen molar-refractivity contribution in [3.8, 4) is 22.9 Å². The van der Waals surface area contributed by atoms with Crippen molar-refractivity contribution >= 4 is 46.3 Å². The zero-order valence-electron chi connectivity index (χ0n) is 21.8. The third kappa shape index (κ3) is 5.09. The van der Waals surface area contributed by atoms with Crippen LogP contribution in [0.15, 0.2) is 77.9 Å². The molecule has 1 aliphatic rings. The van der Waals surface area contributed by atoms with E-state index in [2.05, 4.69) is 30.4 Å². The molecule has 3 N–H and O–H groups in total. The number of anilines is 3. The molecule has 0 unspecified atom stereocenters. The number of phenols is 1. The zero-order valence-corrected chi connectivity index (χ0v) is 22.6. The van der Waals surface area contributed by atoms with Gasteiger partial charge in [0.2, 0.25) is 0 Å². The number of rotatable bonds is 6. The molecule has 0 aromatic heterocycles. The highest BCUT2D eigenvalue weighted by atomic mass is 35.5. The van der Waals surface area contributed by atoms with Crippen molar-refractivity contribution in [3.63, 3.8) is 0 Å². The molecule has 4 aromatic carbocycles. The van der Waals surface area contributed by atoms with E-state index in [0.29, 0.717) is 28.4 Å². The summed E-state index contributed by atoms with van der Waals surface area (Å²) in [6.07, 6.45) is 0. The largest absolute Gasteiger partial charge is 0.505 e. The van der Waals surface area contributed by atoms with E-state index in [9.17, 15) is 29.5 Å². The lowest BCUT2D eigenvalue weighted by Gasteiger charge is -2.18. The van der Waals surface area contributed by atoms with E-state index in [1.807, 2.05) is 24.3 Å². The molecule has 0 spiro atoms. The van der Waals surface area contributed by atoms with Gasteiger partial charge in [0.15, 0.2) is 5.71 Å². The number of benzene rings is 4. The summed E-state index contributed by atoms with van der Waals surface area (Å²) in [6, 6.07) is 20.6. The van der Waals surface area contributed by atoms with E-state index in [1.165, 1.54) is 23.1 Å². The maximum atomic E-state index is 14.0. The highest BCUT2D eigenvalue weighted by molar-refractivity contribution is 6.55. The molecule has 5 rings (SSSR count). The lowest BCUT2D eigenvalue weighted by atomic mass is 10.0. The van der Waals surface area contributed by atoms with Crippen LogP contribution in [-0.4, -0.2) is 27.8 Å². The number of aromatic hydroxyl groups is 1. The number of nitrogens with zero attached hydrogens (tertiary/aromatic N) is 3. The Morgan fingerprint density at radius 3 is 2.44 bits per heavy atom. The number of amides is 1. The standard InChI is InChI=1S/C31H22ClFN4O4/c1-16(2)18-4-7-21(8-5-18)37-27-11-17(15-34)3-9-22(27)28(30(37)39)36-35-26-14-20(32)13-23(29(26)38)19-6-10-25(33)24(12-19)31(40)41/h3-14,16,35,38H,1-2H3,(H,40,41). The average molecular weight is 569 g/mol. The van der Waals surface area contributed by atoms with Crippen LogP contribution in [0, 0.1) is 17.1 Å². The Hall–Kier alpha value is -5.20. The first kappa shape index (κ1) is 27.4. The lowest BCUT2D eigenvalue weighted by Crippen LogP contribution is -2.26. The third-order valence-corrected chi connectivity index (χ3v) is 6.94. The van der Waals surface area contributed by atoms with Crippen LogP contribution in [-0.2, 0) is 4.79 Å². The summed E-state index contributed by atoms with van der Waals surface area (Å²) in [6.45, 7) is 4.14. The molecule has 0 fully saturated rings. The van der Waals surface area contributed by atoms with Gasteiger partial charge in [0.25, 0.3) is 5.91 Å². The molecule has 0 aliphatic carbocycles. The van der Waals surface area contributed by atoms with Crippen LogP contribution in [0.5, 0.6) is 5.75 Å². The van der Waals surface area contributed by atoms with E-state index >= 15 is 0 Å². The molecule has 10 heteroatoms. The van der Waals surface area contributed by atoms with Gasteiger partial charge >= 0.3 is 5.97 Å². The van der Waals surface area contributed by atoms with Gasteiger partial charge in [-0.05, 0) is 71.6 Å². The van der Waals surface area contributed by atoms with Gasteiger partial charge in [0.1, 0.15) is 17.3 Å². The van der Waals surface area contributed by atoms with Crippen LogP contribution in [0.3, 0.4) is 0 Å². The van der Waals surface area contributed by atoms with Gasteiger partial charge < -0.3 is 10.2 Å². The second-order valence-corrected chi connectivity index (χ2v) is 10.1. The number of carboxylic acid groups (broad SMARTS) is 1. The SMILES string of the molecule is CC(C)c1ccc(N2C(=O)C(=NNc3cc(Cl)cc(-c4ccc(F)c(C(=O)O)c4)c3O)c3ccc(C#N)cc32)cc1. The van der Waals surface area contributed by atoms with Gasteiger partial charge in [-0.1, -0.05) is 43.6 Å². The summed E-state index contributed by atoms with van der Waals surface area (Å²) in [7, 11) is 0. The molecule has 1 amide bonds. The van der Waals surface area contributed by atoms with Crippen LogP contribution < -0.4 is 10.3 Å². The Balaban J connectivity index is 1.55. The molecule has 4 aromatic rings. The molecule has 0 saturated carbocycles. The maximum absolute atomic E-state index is 14.0. The molecule has 1 heterocycles. The smallest absolute Gasteiger partial charge is 0.338 e. The number of hydrogen-bond acceptors (Lipinski definition) is 6. The minimum Gasteiger partial charge on any atom is -0.505 e. The summed E-state index contributed by atoms with van der Waals surface area (Å²) in [5.74, 6) is -2.87. The summed E-state index contributed by atoms with van der Waals surface area (Å²) in [5, 5.41) is 34.2. The number of nitriles is 1. The minimum atomic E-state index is -1.46. The summed E-state index contributed by atoms with van der Waals surface area (Å²) >= 11 is 6.29. The number of hydrogen-bond donors (Lipinski definition) is 3. The number of phenolic OH excluding ortho intramolecular Hbond substituents is 1. The zero-order chi connectivity index (χ0) is 29.4. The highest BCUT2D eigenvalue weighted by Gasteiger charge is 2.36. The molecule has 0 radical (unpaired) electrons. The predicted molar refractivity (Wildman–Crippen MR) is 154 cm³/mol. The molecule has 8 nitrogen and oxygen atoms in total. The fraction of sp³-hybridized carbons (Fsp3) is 0.0968. The van der Waals surface area contributed by atoms with E-state index in [0.717, 1.165) is 17.7 Å². The summed E-state index contributed by atoms with van der Waals surface area (Å²) in [5.41, 5.74) is 5.56. The fourth-order valence-electron chi connectivity index (χ4n) is 4.57. The molecule has 204 valence electrons. The van der Waals surface area contributed by atoms with Crippen molar-refractivity contribution in [1.29, 1.82) is 5.26 Å². The van der Waals surface area contributed by atoms with E-state index < -0.39 is 23.3 Å². The number of hydrazone groups is 1. The first-order valence-electron chi connectivity index (χ1n) is 12.5. The van der Waals surface area contributed by atoms with Crippen molar-refractivity contribution < 1.29 is 24.2 Å². The quantitative estimate of drug-likeness (QED) is 0.169. The number of nitrogens with one attached hydrogen (secondary N) is 1. The van der Waals surface area contributed by atoms with Crippen molar-refractivity contribution in [2.75, 3.05) is 10.3 Å². The lowest BCUT2D eigenvalue weighted by molar-refractivity contribution is -0.111. The molecule has 0 bridgehead atoms. The number of halogens is 2. The summed E-state index contributed by atoms with van der Waals surface area (Å²) < 4.78 is 14.0. The van der Waals surface area contributed by atoms with Crippen LogP contribution in [0.1, 0.15) is 46.8 Å². The van der Waals surface area contributed by atoms with Crippen molar-refractivity contribution in [1.82, 2.24) is 0 Å². The van der Waals surface area contributed by atoms with Crippen LogP contribution in [0.4, 0.5) is 21.5 Å². The van der Waals surface area contributed by atoms with Gasteiger partial charge in [-0.2, -0.15) is 10.4 Å². The van der Waals surface area contributed by atoms with Crippen LogP contribution in [0.25, 0.3) is 11.1 Å². The number of carbonyl (C=O) groups excluding carboxylic acids is 1. The van der Waals surface area contributed by atoms with Gasteiger partial charge in [0, 0.05) is 21.8 Å². The van der Waals surface area contributed by atoms with Gasteiger partial charge in [-0.25, -0.2) is 9.18 Å². The molecule has 0 atom stereocenters. The Morgan fingerprint density at radius 2 is 1.78 bits per heavy atom.